The molecule has 0 saturated heterocycles. The van der Waals surface area contributed by atoms with Crippen LogP contribution in [0.5, 0.6) is 0 Å². The van der Waals surface area contributed by atoms with Crippen LogP contribution in [0.15, 0.2) is 46.8 Å². The summed E-state index contributed by atoms with van der Waals surface area (Å²) in [5.41, 5.74) is 0. The molecule has 0 radical (unpaired) electrons. The Bertz CT molecular complexity index is 306. The van der Waals surface area contributed by atoms with E-state index < -0.39 is 8.07 Å². The van der Waals surface area contributed by atoms with Gasteiger partial charge in [-0.1, -0.05) is 59.9 Å². The van der Waals surface area contributed by atoms with Crippen molar-refractivity contribution in [2.75, 3.05) is 0 Å². The fraction of sp³-hybridized carbons (Fsp3) is 0.333. The van der Waals surface area contributed by atoms with Gasteiger partial charge >= 0.3 is 18.9 Å². The molecule has 0 fully saturated rings. The van der Waals surface area contributed by atoms with Gasteiger partial charge < -0.3 is 1.43 Å². The Kier molecular flexibility index (Phi) is 3.83. The van der Waals surface area contributed by atoms with E-state index in [4.69, 9.17) is 0 Å². The molecule has 70 valence electrons. The summed E-state index contributed by atoms with van der Waals surface area (Å²) in [5, 5.41) is 3.37. The molecule has 0 aromatic heterocycles. The van der Waals surface area contributed by atoms with Crippen molar-refractivity contribution in [2.45, 2.75) is 25.9 Å². The number of hydrogen-bond donors (Lipinski definition) is 0. The summed E-state index contributed by atoms with van der Waals surface area (Å²) in [6.45, 7) is 4.93. The fourth-order valence-electron chi connectivity index (χ4n) is 2.03. The predicted molar refractivity (Wildman–Crippen MR) is 62.3 cm³/mol. The molecule has 0 aliphatic heterocycles. The van der Waals surface area contributed by atoms with E-state index in [0.29, 0.717) is 0 Å². The first-order chi connectivity index (χ1) is 6.21. The zero-order chi connectivity index (χ0) is 9.31. The molecule has 0 unspecified atom stereocenters. The summed E-state index contributed by atoms with van der Waals surface area (Å²) < 4.78 is 0. The molecule has 0 heterocycles. The van der Waals surface area contributed by atoms with E-state index in [1.165, 1.54) is 12.8 Å². The van der Waals surface area contributed by atoms with Crippen molar-refractivity contribution in [3.05, 3.63) is 46.8 Å². The topological polar surface area (TPSA) is 0 Å². The monoisotopic (exact) mass is 196 g/mol. The average molecular weight is 196 g/mol. The smallest absolute Gasteiger partial charge is 1.00 e. The maximum Gasteiger partial charge on any atom is 1.00 e. The maximum absolute atomic E-state index is 2.46. The summed E-state index contributed by atoms with van der Waals surface area (Å²) in [7, 11) is -1.24. The molecule has 0 spiro atoms. The molecule has 0 amide bonds. The molecule has 0 saturated carbocycles. The first kappa shape index (κ1) is 11.8. The summed E-state index contributed by atoms with van der Waals surface area (Å²) in [6, 6.07) is 0. The van der Waals surface area contributed by atoms with Gasteiger partial charge in [-0.2, -0.15) is 0 Å². The molecule has 0 bridgehead atoms. The zero-order valence-corrected chi connectivity index (χ0v) is 10.4. The van der Waals surface area contributed by atoms with Gasteiger partial charge in [0.05, 0.1) is 0 Å². The van der Waals surface area contributed by atoms with E-state index in [1.54, 1.807) is 10.4 Å². The Morgan fingerprint density at radius 3 is 1.71 bits per heavy atom. The van der Waals surface area contributed by atoms with E-state index in [0.717, 1.165) is 0 Å². The molecule has 2 aliphatic carbocycles. The largest absolute Gasteiger partial charge is 1.00 e. The third-order valence-corrected chi connectivity index (χ3v) is 7.10. The van der Waals surface area contributed by atoms with Crippen molar-refractivity contribution in [3.63, 3.8) is 0 Å². The van der Waals surface area contributed by atoms with Crippen LogP contribution in [0, 0.1) is 0 Å². The first-order valence-electron chi connectivity index (χ1n) is 4.93. The molecule has 2 aliphatic rings. The van der Waals surface area contributed by atoms with Crippen LogP contribution >= 0.6 is 0 Å². The van der Waals surface area contributed by atoms with E-state index in [1.807, 2.05) is 0 Å². The number of allylic oxidation sites excluding steroid dienone is 8. The molecule has 0 atom stereocenters. The van der Waals surface area contributed by atoms with Crippen molar-refractivity contribution < 1.29 is 20.3 Å². The van der Waals surface area contributed by atoms with Crippen LogP contribution in [-0.2, 0) is 0 Å². The third-order valence-electron chi connectivity index (χ3n) is 3.15. The van der Waals surface area contributed by atoms with Crippen LogP contribution in [0.4, 0.5) is 0 Å². The normalized spacial score (nSPS) is 19.3. The Labute approximate surface area is 101 Å². The minimum Gasteiger partial charge on any atom is -1.00 e. The fourth-order valence-corrected chi connectivity index (χ4v) is 4.72. The SMILES string of the molecule is C[Si](C)(C1=CC=CC1)C1=CC=CC1.[H-].[Li+]. The predicted octanol–water partition coefficient (Wildman–Crippen LogP) is 0.662. The first-order valence-corrected chi connectivity index (χ1v) is 7.93. The van der Waals surface area contributed by atoms with Gasteiger partial charge in [-0.3, -0.25) is 0 Å². The van der Waals surface area contributed by atoms with Gasteiger partial charge in [0, 0.05) is 0 Å². The average Bonchev–Trinajstić information content (AvgIpc) is 2.78. The van der Waals surface area contributed by atoms with Crippen molar-refractivity contribution in [3.8, 4) is 0 Å². The number of rotatable bonds is 2. The summed E-state index contributed by atoms with van der Waals surface area (Å²) >= 11 is 0. The molecule has 2 heteroatoms. The minimum atomic E-state index is -1.24. The van der Waals surface area contributed by atoms with Crippen LogP contribution in [0.25, 0.3) is 0 Å². The molecule has 0 nitrogen and oxygen atoms in total. The van der Waals surface area contributed by atoms with Crippen LogP contribution in [0.3, 0.4) is 0 Å². The van der Waals surface area contributed by atoms with E-state index in [-0.39, 0.29) is 20.3 Å². The van der Waals surface area contributed by atoms with E-state index >= 15 is 0 Å². The van der Waals surface area contributed by atoms with Gasteiger partial charge in [0.25, 0.3) is 0 Å². The Morgan fingerprint density at radius 1 is 1.00 bits per heavy atom. The molecule has 0 aromatic rings. The van der Waals surface area contributed by atoms with Crippen molar-refractivity contribution in [2.24, 2.45) is 0 Å². The van der Waals surface area contributed by atoms with Gasteiger partial charge in [0.2, 0.25) is 0 Å². The third kappa shape index (κ3) is 2.06. The zero-order valence-electron chi connectivity index (χ0n) is 10.4. The Hall–Kier alpha value is -0.226. The summed E-state index contributed by atoms with van der Waals surface area (Å²) in [5.74, 6) is 0. The summed E-state index contributed by atoms with van der Waals surface area (Å²) in [6.07, 6.45) is 16.0. The van der Waals surface area contributed by atoms with E-state index in [9.17, 15) is 0 Å². The summed E-state index contributed by atoms with van der Waals surface area (Å²) in [4.78, 5) is 0. The second-order valence-corrected chi connectivity index (χ2v) is 8.81. The molecular formula is C12H17LiSi. The van der Waals surface area contributed by atoms with E-state index in [2.05, 4.69) is 49.6 Å². The van der Waals surface area contributed by atoms with Crippen LogP contribution < -0.4 is 18.9 Å². The second kappa shape index (κ2) is 4.53. The van der Waals surface area contributed by atoms with Gasteiger partial charge in [0.15, 0.2) is 0 Å². The van der Waals surface area contributed by atoms with Crippen molar-refractivity contribution in [1.29, 1.82) is 0 Å². The minimum absolute atomic E-state index is 0. The molecular weight excluding hydrogens is 179 g/mol. The van der Waals surface area contributed by atoms with Crippen molar-refractivity contribution >= 4 is 8.07 Å². The van der Waals surface area contributed by atoms with Gasteiger partial charge in [-0.05, 0) is 12.8 Å². The quantitative estimate of drug-likeness (QED) is 0.569. The Morgan fingerprint density at radius 2 is 1.43 bits per heavy atom. The Balaban J connectivity index is 0.000000980. The van der Waals surface area contributed by atoms with Gasteiger partial charge in [-0.25, -0.2) is 0 Å². The molecule has 0 aromatic carbocycles. The van der Waals surface area contributed by atoms with Crippen LogP contribution in [-0.4, -0.2) is 8.07 Å². The van der Waals surface area contributed by atoms with Gasteiger partial charge in [0.1, 0.15) is 8.07 Å². The van der Waals surface area contributed by atoms with Crippen LogP contribution in [0.2, 0.25) is 13.1 Å². The van der Waals surface area contributed by atoms with Gasteiger partial charge in [-0.15, -0.1) is 0 Å². The maximum atomic E-state index is 2.46. The second-order valence-electron chi connectivity index (χ2n) is 4.27. The standard InChI is InChI=1S/C12H16Si.Li.H/c1-13(2,11-7-3-4-8-11)12-9-5-6-10-12;;/h3-7,9H,8,10H2,1-2H3;;/q;+1;-1. The molecule has 0 N–H and O–H groups in total. The van der Waals surface area contributed by atoms with Crippen molar-refractivity contribution in [1.82, 2.24) is 0 Å². The molecule has 2 rings (SSSR count). The molecule has 14 heavy (non-hydrogen) atoms. The number of hydrogen-bond acceptors (Lipinski definition) is 0. The van der Waals surface area contributed by atoms with Crippen LogP contribution in [0.1, 0.15) is 14.3 Å².